The fourth-order valence-electron chi connectivity index (χ4n) is 2.66. The third-order valence-corrected chi connectivity index (χ3v) is 3.56. The number of piperidine rings is 1. The normalized spacial score (nSPS) is 25.6. The number of hydrogen-bond donors (Lipinski definition) is 1. The van der Waals surface area contributed by atoms with Crippen LogP contribution in [0.5, 0.6) is 0 Å². The Morgan fingerprint density at radius 3 is 2.56 bits per heavy atom. The van der Waals surface area contributed by atoms with E-state index in [9.17, 15) is 0 Å². The Morgan fingerprint density at radius 2 is 1.94 bits per heavy atom. The minimum atomic E-state index is 0.722. The smallest absolute Gasteiger partial charge is 0.00203 e. The highest BCUT2D eigenvalue weighted by Gasteiger charge is 2.19. The van der Waals surface area contributed by atoms with Crippen LogP contribution in [0.25, 0.3) is 0 Å². The van der Waals surface area contributed by atoms with E-state index in [4.69, 9.17) is 0 Å². The third-order valence-electron chi connectivity index (χ3n) is 3.56. The second-order valence-electron chi connectivity index (χ2n) is 5.19. The zero-order chi connectivity index (χ0) is 11.4. The summed E-state index contributed by atoms with van der Waals surface area (Å²) in [5, 5.41) is 3.52. The van der Waals surface area contributed by atoms with Crippen molar-refractivity contribution in [1.82, 2.24) is 5.32 Å². The Morgan fingerprint density at radius 1 is 1.19 bits per heavy atom. The molecule has 1 saturated heterocycles. The van der Waals surface area contributed by atoms with Gasteiger partial charge in [-0.3, -0.25) is 0 Å². The monoisotopic (exact) mass is 217 g/mol. The molecule has 0 bridgehead atoms. The molecule has 1 aromatic carbocycles. The summed E-state index contributed by atoms with van der Waals surface area (Å²) in [7, 11) is 0. The quantitative estimate of drug-likeness (QED) is 0.818. The van der Waals surface area contributed by atoms with Gasteiger partial charge in [-0.15, -0.1) is 0 Å². The third kappa shape index (κ3) is 2.85. The Balaban J connectivity index is 2.03. The van der Waals surface area contributed by atoms with Gasteiger partial charge in [0, 0.05) is 6.54 Å². The summed E-state index contributed by atoms with van der Waals surface area (Å²) < 4.78 is 0. The van der Waals surface area contributed by atoms with Crippen LogP contribution in [-0.4, -0.2) is 13.1 Å². The van der Waals surface area contributed by atoms with E-state index in [-0.39, 0.29) is 0 Å². The van der Waals surface area contributed by atoms with E-state index in [1.165, 1.54) is 36.9 Å². The lowest BCUT2D eigenvalue weighted by atomic mass is 9.86. The van der Waals surface area contributed by atoms with Crippen molar-refractivity contribution in [3.63, 3.8) is 0 Å². The molecule has 1 aromatic rings. The second-order valence-corrected chi connectivity index (χ2v) is 5.19. The predicted molar refractivity (Wildman–Crippen MR) is 69.8 cm³/mol. The zero-order valence-electron chi connectivity index (χ0n) is 10.5. The standard InChI is InChI=1S/C15H23N/c1-3-4-13-5-7-14(8-6-13)15-9-12(2)10-16-11-15/h5-8,12,15-16H,3-4,9-11H2,1-2H3. The van der Waals surface area contributed by atoms with Gasteiger partial charge >= 0.3 is 0 Å². The molecule has 1 heterocycles. The molecule has 16 heavy (non-hydrogen) atoms. The number of hydrogen-bond acceptors (Lipinski definition) is 1. The maximum Gasteiger partial charge on any atom is 0.00203 e. The van der Waals surface area contributed by atoms with Crippen molar-refractivity contribution in [1.29, 1.82) is 0 Å². The van der Waals surface area contributed by atoms with Crippen LogP contribution in [0.1, 0.15) is 43.7 Å². The number of rotatable bonds is 3. The Hall–Kier alpha value is -0.820. The summed E-state index contributed by atoms with van der Waals surface area (Å²) >= 11 is 0. The lowest BCUT2D eigenvalue weighted by Crippen LogP contribution is -2.33. The van der Waals surface area contributed by atoms with Crippen LogP contribution < -0.4 is 5.32 Å². The molecule has 1 nitrogen and oxygen atoms in total. The molecule has 88 valence electrons. The maximum atomic E-state index is 3.52. The number of benzene rings is 1. The van der Waals surface area contributed by atoms with Crippen LogP contribution >= 0.6 is 0 Å². The first kappa shape index (κ1) is 11.7. The molecule has 2 atom stereocenters. The molecule has 0 aliphatic carbocycles. The van der Waals surface area contributed by atoms with E-state index < -0.39 is 0 Å². The maximum absolute atomic E-state index is 3.52. The summed E-state index contributed by atoms with van der Waals surface area (Å²) in [6.07, 6.45) is 3.78. The van der Waals surface area contributed by atoms with Gasteiger partial charge in [0.15, 0.2) is 0 Å². The highest BCUT2D eigenvalue weighted by Crippen LogP contribution is 2.26. The second kappa shape index (κ2) is 5.49. The van der Waals surface area contributed by atoms with Crippen LogP contribution in [0.15, 0.2) is 24.3 Å². The first-order valence-corrected chi connectivity index (χ1v) is 6.59. The first-order chi connectivity index (χ1) is 7.79. The first-order valence-electron chi connectivity index (χ1n) is 6.59. The van der Waals surface area contributed by atoms with Gasteiger partial charge in [-0.05, 0) is 42.3 Å². The van der Waals surface area contributed by atoms with Crippen molar-refractivity contribution in [3.05, 3.63) is 35.4 Å². The van der Waals surface area contributed by atoms with Crippen molar-refractivity contribution in [3.8, 4) is 0 Å². The largest absolute Gasteiger partial charge is 0.316 e. The van der Waals surface area contributed by atoms with Crippen molar-refractivity contribution in [2.45, 2.75) is 39.0 Å². The zero-order valence-corrected chi connectivity index (χ0v) is 10.5. The lowest BCUT2D eigenvalue weighted by molar-refractivity contribution is 0.364. The average molecular weight is 217 g/mol. The van der Waals surface area contributed by atoms with Gasteiger partial charge in [0.2, 0.25) is 0 Å². The minimum absolute atomic E-state index is 0.722. The van der Waals surface area contributed by atoms with Crippen molar-refractivity contribution in [2.75, 3.05) is 13.1 Å². The minimum Gasteiger partial charge on any atom is -0.316 e. The Kier molecular flexibility index (Phi) is 4.00. The summed E-state index contributed by atoms with van der Waals surface area (Å²) in [5.74, 6) is 1.54. The molecular weight excluding hydrogens is 194 g/mol. The van der Waals surface area contributed by atoms with Crippen molar-refractivity contribution < 1.29 is 0 Å². The Labute approximate surface area is 99.3 Å². The highest BCUT2D eigenvalue weighted by molar-refractivity contribution is 5.26. The molecule has 2 unspecified atom stereocenters. The topological polar surface area (TPSA) is 12.0 Å². The summed E-state index contributed by atoms with van der Waals surface area (Å²) in [4.78, 5) is 0. The summed E-state index contributed by atoms with van der Waals surface area (Å²) in [6.45, 7) is 6.91. The van der Waals surface area contributed by atoms with E-state index in [0.29, 0.717) is 0 Å². The SMILES string of the molecule is CCCc1ccc(C2CNCC(C)C2)cc1. The Bertz CT molecular complexity index is 315. The van der Waals surface area contributed by atoms with E-state index >= 15 is 0 Å². The molecule has 1 aliphatic rings. The van der Waals surface area contributed by atoms with E-state index in [2.05, 4.69) is 43.4 Å². The molecule has 2 rings (SSSR count). The average Bonchev–Trinajstić information content (AvgIpc) is 2.30. The van der Waals surface area contributed by atoms with Crippen molar-refractivity contribution >= 4 is 0 Å². The highest BCUT2D eigenvalue weighted by atomic mass is 14.9. The van der Waals surface area contributed by atoms with Crippen LogP contribution in [0.2, 0.25) is 0 Å². The van der Waals surface area contributed by atoms with Crippen LogP contribution in [0, 0.1) is 5.92 Å². The molecule has 0 amide bonds. The fourth-order valence-corrected chi connectivity index (χ4v) is 2.66. The van der Waals surface area contributed by atoms with Gasteiger partial charge in [0.25, 0.3) is 0 Å². The van der Waals surface area contributed by atoms with E-state index in [0.717, 1.165) is 18.4 Å². The summed E-state index contributed by atoms with van der Waals surface area (Å²) in [5.41, 5.74) is 2.99. The molecule has 1 N–H and O–H groups in total. The lowest BCUT2D eigenvalue weighted by Gasteiger charge is -2.28. The van der Waals surface area contributed by atoms with Gasteiger partial charge < -0.3 is 5.32 Å². The molecule has 1 fully saturated rings. The molecule has 1 aliphatic heterocycles. The predicted octanol–water partition coefficient (Wildman–Crippen LogP) is 3.35. The van der Waals surface area contributed by atoms with Gasteiger partial charge in [-0.2, -0.15) is 0 Å². The van der Waals surface area contributed by atoms with E-state index in [1.54, 1.807) is 0 Å². The van der Waals surface area contributed by atoms with Gasteiger partial charge in [0.05, 0.1) is 0 Å². The molecule has 0 spiro atoms. The number of aryl methyl sites for hydroxylation is 1. The van der Waals surface area contributed by atoms with Crippen LogP contribution in [0.4, 0.5) is 0 Å². The van der Waals surface area contributed by atoms with Crippen molar-refractivity contribution in [2.24, 2.45) is 5.92 Å². The molecule has 0 radical (unpaired) electrons. The molecule has 0 aromatic heterocycles. The van der Waals surface area contributed by atoms with Gasteiger partial charge in [-0.25, -0.2) is 0 Å². The molecular formula is C15H23N. The fraction of sp³-hybridized carbons (Fsp3) is 0.600. The molecule has 0 saturated carbocycles. The van der Waals surface area contributed by atoms with E-state index in [1.807, 2.05) is 0 Å². The van der Waals surface area contributed by atoms with Crippen LogP contribution in [-0.2, 0) is 6.42 Å². The van der Waals surface area contributed by atoms with Gasteiger partial charge in [-0.1, -0.05) is 44.5 Å². The number of nitrogens with one attached hydrogen (secondary N) is 1. The summed E-state index contributed by atoms with van der Waals surface area (Å²) in [6, 6.07) is 9.26. The van der Waals surface area contributed by atoms with Gasteiger partial charge in [0.1, 0.15) is 0 Å². The van der Waals surface area contributed by atoms with Crippen LogP contribution in [0.3, 0.4) is 0 Å². The molecule has 1 heteroatoms.